The number of hydrogen-bond acceptors (Lipinski definition) is 5. The van der Waals surface area contributed by atoms with Crippen LogP contribution in [0.1, 0.15) is 18.9 Å². The van der Waals surface area contributed by atoms with Crippen LogP contribution in [0.15, 0.2) is 60.7 Å². The zero-order valence-electron chi connectivity index (χ0n) is 17.0. The SMILES string of the molecule is C[C@H]1CC(=O)Nc2ccccc2N1C(=O)COC(=O)CNC(=O)/C=C/c1ccccc1. The molecule has 2 aromatic carbocycles. The van der Waals surface area contributed by atoms with Crippen LogP contribution in [0, 0.1) is 0 Å². The summed E-state index contributed by atoms with van der Waals surface area (Å²) >= 11 is 0. The van der Waals surface area contributed by atoms with Gasteiger partial charge in [-0.1, -0.05) is 42.5 Å². The van der Waals surface area contributed by atoms with Gasteiger partial charge < -0.3 is 20.3 Å². The van der Waals surface area contributed by atoms with Gasteiger partial charge in [0.1, 0.15) is 6.54 Å². The van der Waals surface area contributed by atoms with Gasteiger partial charge in [-0.2, -0.15) is 0 Å². The molecule has 8 heteroatoms. The van der Waals surface area contributed by atoms with Crippen LogP contribution < -0.4 is 15.5 Å². The minimum absolute atomic E-state index is 0.123. The van der Waals surface area contributed by atoms with Gasteiger partial charge in [-0.05, 0) is 30.7 Å². The highest BCUT2D eigenvalue weighted by Crippen LogP contribution is 2.31. The molecule has 0 aromatic heterocycles. The smallest absolute Gasteiger partial charge is 0.325 e. The number of anilines is 2. The summed E-state index contributed by atoms with van der Waals surface area (Å²) < 4.78 is 5.03. The minimum atomic E-state index is -0.736. The fourth-order valence-corrected chi connectivity index (χ4v) is 3.18. The number of fused-ring (bicyclic) bond motifs is 1. The molecule has 1 atom stereocenters. The van der Waals surface area contributed by atoms with Crippen molar-refractivity contribution >= 4 is 41.1 Å². The van der Waals surface area contributed by atoms with E-state index in [1.165, 1.54) is 11.0 Å². The monoisotopic (exact) mass is 421 g/mol. The van der Waals surface area contributed by atoms with Crippen LogP contribution in [-0.2, 0) is 23.9 Å². The molecule has 0 radical (unpaired) electrons. The molecular weight excluding hydrogens is 398 g/mol. The fourth-order valence-electron chi connectivity index (χ4n) is 3.18. The van der Waals surface area contributed by atoms with E-state index in [0.29, 0.717) is 11.4 Å². The van der Waals surface area contributed by atoms with Crippen LogP contribution in [0.5, 0.6) is 0 Å². The van der Waals surface area contributed by atoms with Crippen molar-refractivity contribution < 1.29 is 23.9 Å². The Bertz CT molecular complexity index is 1000. The Morgan fingerprint density at radius 3 is 2.61 bits per heavy atom. The summed E-state index contributed by atoms with van der Waals surface area (Å²) in [4.78, 5) is 50.0. The summed E-state index contributed by atoms with van der Waals surface area (Å²) in [6.07, 6.45) is 3.06. The number of nitrogens with one attached hydrogen (secondary N) is 2. The molecule has 0 saturated carbocycles. The number of esters is 1. The number of rotatable bonds is 6. The maximum absolute atomic E-state index is 12.7. The molecule has 0 fully saturated rings. The number of amides is 3. The third-order valence-electron chi connectivity index (χ3n) is 4.62. The van der Waals surface area contributed by atoms with Gasteiger partial charge in [0, 0.05) is 18.5 Å². The highest BCUT2D eigenvalue weighted by Gasteiger charge is 2.30. The van der Waals surface area contributed by atoms with Crippen molar-refractivity contribution in [3.63, 3.8) is 0 Å². The van der Waals surface area contributed by atoms with Crippen molar-refractivity contribution in [2.75, 3.05) is 23.4 Å². The number of carbonyl (C=O) groups is 4. The number of para-hydroxylation sites is 2. The summed E-state index contributed by atoms with van der Waals surface area (Å²) in [5, 5.41) is 5.18. The average molecular weight is 421 g/mol. The van der Waals surface area contributed by atoms with E-state index in [1.54, 1.807) is 37.3 Å². The van der Waals surface area contributed by atoms with Crippen molar-refractivity contribution in [3.8, 4) is 0 Å². The number of benzene rings is 2. The van der Waals surface area contributed by atoms with Crippen molar-refractivity contribution in [3.05, 3.63) is 66.2 Å². The normalized spacial score (nSPS) is 15.6. The zero-order valence-corrected chi connectivity index (χ0v) is 17.0. The lowest BCUT2D eigenvalue weighted by Crippen LogP contribution is -2.42. The van der Waals surface area contributed by atoms with Crippen molar-refractivity contribution in [2.45, 2.75) is 19.4 Å². The molecule has 3 amide bonds. The van der Waals surface area contributed by atoms with Crippen LogP contribution in [0.2, 0.25) is 0 Å². The summed E-state index contributed by atoms with van der Waals surface area (Å²) in [5.41, 5.74) is 1.92. The van der Waals surface area contributed by atoms with Gasteiger partial charge in [0.15, 0.2) is 6.61 Å². The summed E-state index contributed by atoms with van der Waals surface area (Å²) in [5.74, 6) is -1.84. The Morgan fingerprint density at radius 2 is 1.84 bits per heavy atom. The summed E-state index contributed by atoms with van der Waals surface area (Å²) in [6, 6.07) is 15.8. The Morgan fingerprint density at radius 1 is 1.13 bits per heavy atom. The van der Waals surface area contributed by atoms with E-state index >= 15 is 0 Å². The van der Waals surface area contributed by atoms with Crippen molar-refractivity contribution in [2.24, 2.45) is 0 Å². The molecule has 2 N–H and O–H groups in total. The fraction of sp³-hybridized carbons (Fsp3) is 0.217. The topological polar surface area (TPSA) is 105 Å². The Hall–Kier alpha value is -3.94. The number of hydrogen-bond donors (Lipinski definition) is 2. The predicted molar refractivity (Wildman–Crippen MR) is 116 cm³/mol. The number of ether oxygens (including phenoxy) is 1. The minimum Gasteiger partial charge on any atom is -0.454 e. The lowest BCUT2D eigenvalue weighted by molar-refractivity contribution is -0.147. The molecule has 0 aliphatic carbocycles. The Labute approximate surface area is 179 Å². The maximum Gasteiger partial charge on any atom is 0.325 e. The molecule has 31 heavy (non-hydrogen) atoms. The standard InChI is InChI=1S/C23H23N3O5/c1-16-13-21(28)25-18-9-5-6-10-19(18)26(16)22(29)15-31-23(30)14-24-20(27)12-11-17-7-3-2-4-8-17/h2-12,16H,13-15H2,1H3,(H,24,27)(H,25,28)/b12-11+/t16-/m0/s1. The van der Waals surface area contributed by atoms with E-state index in [2.05, 4.69) is 10.6 Å². The second kappa shape index (κ2) is 10.2. The first-order valence-corrected chi connectivity index (χ1v) is 9.81. The molecule has 1 heterocycles. The predicted octanol–water partition coefficient (Wildman–Crippen LogP) is 2.12. The van der Waals surface area contributed by atoms with Crippen LogP contribution >= 0.6 is 0 Å². The third kappa shape index (κ3) is 6.02. The van der Waals surface area contributed by atoms with E-state index < -0.39 is 30.4 Å². The first kappa shape index (κ1) is 21.8. The number of nitrogens with zero attached hydrogens (tertiary/aromatic N) is 1. The van der Waals surface area contributed by atoms with Gasteiger partial charge >= 0.3 is 5.97 Å². The molecule has 0 bridgehead atoms. The second-order valence-corrected chi connectivity index (χ2v) is 7.00. The molecule has 2 aromatic rings. The van der Waals surface area contributed by atoms with E-state index in [0.717, 1.165) is 5.56 Å². The van der Waals surface area contributed by atoms with Gasteiger partial charge in [0.2, 0.25) is 11.8 Å². The van der Waals surface area contributed by atoms with Crippen molar-refractivity contribution in [1.29, 1.82) is 0 Å². The van der Waals surface area contributed by atoms with Crippen LogP contribution in [0.3, 0.4) is 0 Å². The first-order chi connectivity index (χ1) is 14.9. The average Bonchev–Trinajstić information content (AvgIpc) is 2.89. The van der Waals surface area contributed by atoms with Gasteiger partial charge in [-0.25, -0.2) is 0 Å². The molecule has 1 aliphatic heterocycles. The quantitative estimate of drug-likeness (QED) is 0.549. The van der Waals surface area contributed by atoms with E-state index in [1.807, 2.05) is 30.3 Å². The first-order valence-electron chi connectivity index (χ1n) is 9.81. The Kier molecular flexibility index (Phi) is 7.16. The largest absolute Gasteiger partial charge is 0.454 e. The van der Waals surface area contributed by atoms with E-state index in [-0.39, 0.29) is 18.9 Å². The summed E-state index contributed by atoms with van der Waals surface area (Å²) in [7, 11) is 0. The van der Waals surface area contributed by atoms with Crippen molar-refractivity contribution in [1.82, 2.24) is 5.32 Å². The van der Waals surface area contributed by atoms with Gasteiger partial charge in [0.25, 0.3) is 5.91 Å². The third-order valence-corrected chi connectivity index (χ3v) is 4.62. The van der Waals surface area contributed by atoms with E-state index in [4.69, 9.17) is 4.74 Å². The van der Waals surface area contributed by atoms with E-state index in [9.17, 15) is 19.2 Å². The second-order valence-electron chi connectivity index (χ2n) is 7.00. The van der Waals surface area contributed by atoms with Crippen LogP contribution in [0.4, 0.5) is 11.4 Å². The highest BCUT2D eigenvalue weighted by atomic mass is 16.5. The van der Waals surface area contributed by atoms with Crippen LogP contribution in [-0.4, -0.2) is 42.9 Å². The summed E-state index contributed by atoms with van der Waals surface area (Å²) in [6.45, 7) is 0.888. The van der Waals surface area contributed by atoms with Gasteiger partial charge in [0.05, 0.1) is 11.4 Å². The lowest BCUT2D eigenvalue weighted by atomic mass is 10.1. The molecule has 3 rings (SSSR count). The molecule has 160 valence electrons. The maximum atomic E-state index is 12.7. The highest BCUT2D eigenvalue weighted by molar-refractivity contribution is 6.05. The van der Waals surface area contributed by atoms with Crippen LogP contribution in [0.25, 0.3) is 6.08 Å². The Balaban J connectivity index is 1.52. The number of carbonyl (C=O) groups excluding carboxylic acids is 4. The molecule has 8 nitrogen and oxygen atoms in total. The molecule has 1 aliphatic rings. The van der Waals surface area contributed by atoms with Gasteiger partial charge in [-0.15, -0.1) is 0 Å². The zero-order chi connectivity index (χ0) is 22.2. The molecular formula is C23H23N3O5. The molecule has 0 saturated heterocycles. The molecule has 0 unspecified atom stereocenters. The molecule has 0 spiro atoms. The lowest BCUT2D eigenvalue weighted by Gasteiger charge is -2.27. The van der Waals surface area contributed by atoms with Gasteiger partial charge in [-0.3, -0.25) is 19.2 Å².